The molecule has 1 N–H and O–H groups in total. The van der Waals surface area contributed by atoms with E-state index in [0.717, 1.165) is 0 Å². The van der Waals surface area contributed by atoms with Gasteiger partial charge in [-0.1, -0.05) is 30.3 Å². The number of methoxy groups -OCH3 is 1. The van der Waals surface area contributed by atoms with Crippen LogP contribution >= 0.6 is 0 Å². The van der Waals surface area contributed by atoms with Gasteiger partial charge in [-0.15, -0.1) is 0 Å². The molecular formula is C25H20FN5O5. The number of para-hydroxylation sites is 1. The van der Waals surface area contributed by atoms with Crippen molar-refractivity contribution < 1.29 is 18.3 Å². The van der Waals surface area contributed by atoms with Crippen LogP contribution < -0.4 is 21.2 Å². The SMILES string of the molecule is COc1cccc2cc(C(=O)NCCn3ncc4c(=O)n(Cc5ccccc5F)cnc43)c(=O)oc12. The molecule has 0 bridgehead atoms. The smallest absolute Gasteiger partial charge is 0.349 e. The van der Waals surface area contributed by atoms with Crippen LogP contribution in [0.2, 0.25) is 0 Å². The molecular weight excluding hydrogens is 469 g/mol. The highest BCUT2D eigenvalue weighted by molar-refractivity contribution is 5.97. The average molecular weight is 489 g/mol. The summed E-state index contributed by atoms with van der Waals surface area (Å²) in [6, 6.07) is 12.7. The number of nitrogens with one attached hydrogen (secondary N) is 1. The largest absolute Gasteiger partial charge is 0.493 e. The molecule has 182 valence electrons. The minimum Gasteiger partial charge on any atom is -0.493 e. The van der Waals surface area contributed by atoms with Crippen molar-refractivity contribution in [3.63, 3.8) is 0 Å². The molecule has 36 heavy (non-hydrogen) atoms. The minimum absolute atomic E-state index is 0.0376. The van der Waals surface area contributed by atoms with Crippen molar-refractivity contribution >= 4 is 27.9 Å². The standard InChI is InChI=1S/C25H20FN5O5/c1-35-20-8-4-6-15-11-17(25(34)36-21(15)20)23(32)27-9-10-31-22-18(12-29-31)24(33)30(14-28-22)13-16-5-2-3-7-19(16)26/h2-8,11-12,14H,9-10,13H2,1H3,(H,27,32). The van der Waals surface area contributed by atoms with Crippen molar-refractivity contribution in [2.75, 3.05) is 13.7 Å². The molecule has 0 saturated heterocycles. The lowest BCUT2D eigenvalue weighted by Crippen LogP contribution is -2.31. The molecule has 0 unspecified atom stereocenters. The summed E-state index contributed by atoms with van der Waals surface area (Å²) >= 11 is 0. The van der Waals surface area contributed by atoms with Crippen LogP contribution in [0.4, 0.5) is 4.39 Å². The van der Waals surface area contributed by atoms with Crippen LogP contribution in [0.25, 0.3) is 22.0 Å². The van der Waals surface area contributed by atoms with Gasteiger partial charge in [-0.05, 0) is 18.2 Å². The van der Waals surface area contributed by atoms with E-state index >= 15 is 0 Å². The molecule has 0 aliphatic rings. The molecule has 5 aromatic rings. The number of carbonyl (C=O) groups is 1. The fraction of sp³-hybridized carbons (Fsp3) is 0.160. The van der Waals surface area contributed by atoms with Crippen LogP contribution in [0.1, 0.15) is 15.9 Å². The van der Waals surface area contributed by atoms with Crippen LogP contribution in [0.5, 0.6) is 5.75 Å². The van der Waals surface area contributed by atoms with E-state index in [2.05, 4.69) is 15.4 Å². The summed E-state index contributed by atoms with van der Waals surface area (Å²) < 4.78 is 27.2. The van der Waals surface area contributed by atoms with Gasteiger partial charge in [0.15, 0.2) is 17.0 Å². The summed E-state index contributed by atoms with van der Waals surface area (Å²) in [5.74, 6) is -0.622. The highest BCUT2D eigenvalue weighted by Gasteiger charge is 2.16. The number of ether oxygens (including phenoxy) is 1. The van der Waals surface area contributed by atoms with Crippen LogP contribution in [0, 0.1) is 5.82 Å². The number of aromatic nitrogens is 4. The quantitative estimate of drug-likeness (QED) is 0.348. The van der Waals surface area contributed by atoms with Crippen LogP contribution in [0.3, 0.4) is 0 Å². The molecule has 11 heteroatoms. The molecule has 2 aromatic carbocycles. The monoisotopic (exact) mass is 489 g/mol. The van der Waals surface area contributed by atoms with E-state index in [1.165, 1.54) is 41.0 Å². The number of halogens is 1. The lowest BCUT2D eigenvalue weighted by molar-refractivity contribution is 0.0948. The molecule has 0 aliphatic carbocycles. The van der Waals surface area contributed by atoms with Gasteiger partial charge in [0.2, 0.25) is 0 Å². The number of rotatable bonds is 7. The van der Waals surface area contributed by atoms with Crippen LogP contribution in [0.15, 0.2) is 75.1 Å². The molecule has 10 nitrogen and oxygen atoms in total. The molecule has 0 aliphatic heterocycles. The molecule has 3 aromatic heterocycles. The van der Waals surface area contributed by atoms with Gasteiger partial charge in [0, 0.05) is 17.5 Å². The first-order valence-corrected chi connectivity index (χ1v) is 11.0. The van der Waals surface area contributed by atoms with E-state index in [9.17, 15) is 18.8 Å². The van der Waals surface area contributed by atoms with Crippen molar-refractivity contribution in [2.24, 2.45) is 0 Å². The van der Waals surface area contributed by atoms with E-state index in [-0.39, 0.29) is 41.7 Å². The van der Waals surface area contributed by atoms with Crippen LogP contribution in [-0.2, 0) is 13.1 Å². The van der Waals surface area contributed by atoms with Gasteiger partial charge in [-0.2, -0.15) is 5.10 Å². The summed E-state index contributed by atoms with van der Waals surface area (Å²) in [5, 5.41) is 7.66. The molecule has 3 heterocycles. The molecule has 0 atom stereocenters. The predicted octanol–water partition coefficient (Wildman–Crippen LogP) is 2.33. The Balaban J connectivity index is 1.30. The first-order valence-electron chi connectivity index (χ1n) is 11.0. The zero-order valence-electron chi connectivity index (χ0n) is 19.1. The number of amides is 1. The van der Waals surface area contributed by atoms with Crippen molar-refractivity contribution in [2.45, 2.75) is 13.1 Å². The van der Waals surface area contributed by atoms with Crippen molar-refractivity contribution in [3.05, 3.63) is 98.8 Å². The number of carbonyl (C=O) groups excluding carboxylic acids is 1. The second kappa shape index (κ2) is 9.45. The van der Waals surface area contributed by atoms with E-state index < -0.39 is 17.3 Å². The molecule has 0 saturated carbocycles. The fourth-order valence-electron chi connectivity index (χ4n) is 3.89. The second-order valence-corrected chi connectivity index (χ2v) is 7.96. The third-order valence-corrected chi connectivity index (χ3v) is 5.72. The molecule has 1 amide bonds. The number of hydrogen-bond acceptors (Lipinski definition) is 7. The maximum atomic E-state index is 14.0. The number of nitrogens with zero attached hydrogens (tertiary/aromatic N) is 4. The van der Waals surface area contributed by atoms with Gasteiger partial charge < -0.3 is 14.5 Å². The summed E-state index contributed by atoms with van der Waals surface area (Å²) in [6.07, 6.45) is 2.72. The normalized spacial score (nSPS) is 11.2. The Labute approximate surface area is 202 Å². The fourth-order valence-corrected chi connectivity index (χ4v) is 3.89. The molecule has 0 radical (unpaired) electrons. The van der Waals surface area contributed by atoms with E-state index in [4.69, 9.17) is 9.15 Å². The second-order valence-electron chi connectivity index (χ2n) is 7.96. The van der Waals surface area contributed by atoms with E-state index in [1.54, 1.807) is 36.4 Å². The van der Waals surface area contributed by atoms with Gasteiger partial charge in [-0.25, -0.2) is 18.9 Å². The van der Waals surface area contributed by atoms with Gasteiger partial charge in [0.25, 0.3) is 11.5 Å². The Morgan fingerprint density at radius 3 is 2.81 bits per heavy atom. The van der Waals surface area contributed by atoms with Gasteiger partial charge in [0.05, 0.1) is 26.4 Å². The van der Waals surface area contributed by atoms with Gasteiger partial charge >= 0.3 is 5.63 Å². The molecule has 0 spiro atoms. The van der Waals surface area contributed by atoms with Gasteiger partial charge in [-0.3, -0.25) is 14.2 Å². The van der Waals surface area contributed by atoms with Crippen LogP contribution in [-0.4, -0.2) is 38.9 Å². The number of fused-ring (bicyclic) bond motifs is 2. The highest BCUT2D eigenvalue weighted by atomic mass is 19.1. The Morgan fingerprint density at radius 2 is 2.00 bits per heavy atom. The maximum absolute atomic E-state index is 14.0. The number of benzene rings is 2. The highest BCUT2D eigenvalue weighted by Crippen LogP contribution is 2.24. The number of hydrogen-bond donors (Lipinski definition) is 1. The lowest BCUT2D eigenvalue weighted by Gasteiger charge is -2.08. The summed E-state index contributed by atoms with van der Waals surface area (Å²) in [7, 11) is 1.46. The van der Waals surface area contributed by atoms with Gasteiger partial charge in [0.1, 0.15) is 23.1 Å². The Kier molecular flexibility index (Phi) is 6.03. The third kappa shape index (κ3) is 4.22. The van der Waals surface area contributed by atoms with E-state index in [1.807, 2.05) is 0 Å². The first-order chi connectivity index (χ1) is 17.5. The zero-order valence-corrected chi connectivity index (χ0v) is 19.1. The first kappa shape index (κ1) is 23.0. The molecule has 0 fully saturated rings. The van der Waals surface area contributed by atoms with Crippen molar-refractivity contribution in [1.82, 2.24) is 24.6 Å². The Morgan fingerprint density at radius 1 is 1.17 bits per heavy atom. The van der Waals surface area contributed by atoms with Crippen molar-refractivity contribution in [1.29, 1.82) is 0 Å². The topological polar surface area (TPSA) is 121 Å². The molecule has 5 rings (SSSR count). The summed E-state index contributed by atoms with van der Waals surface area (Å²) in [6.45, 7) is 0.354. The Hall–Kier alpha value is -4.80. The minimum atomic E-state index is -0.786. The van der Waals surface area contributed by atoms with E-state index in [0.29, 0.717) is 22.3 Å². The maximum Gasteiger partial charge on any atom is 0.349 e. The van der Waals surface area contributed by atoms with Crippen molar-refractivity contribution in [3.8, 4) is 5.75 Å². The average Bonchev–Trinajstić information content (AvgIpc) is 3.29. The summed E-state index contributed by atoms with van der Waals surface area (Å²) in [4.78, 5) is 42.1. The summed E-state index contributed by atoms with van der Waals surface area (Å²) in [5.41, 5.74) is -0.329. The predicted molar refractivity (Wildman–Crippen MR) is 129 cm³/mol. The third-order valence-electron chi connectivity index (χ3n) is 5.72. The Bertz CT molecular complexity index is 1720. The lowest BCUT2D eigenvalue weighted by atomic mass is 10.1. The zero-order chi connectivity index (χ0) is 25.2.